The van der Waals surface area contributed by atoms with Gasteiger partial charge in [-0.2, -0.15) is 0 Å². The topological polar surface area (TPSA) is 37.8 Å². The van der Waals surface area contributed by atoms with Gasteiger partial charge >= 0.3 is 0 Å². The number of halogens is 2. The lowest BCUT2D eigenvalue weighted by molar-refractivity contribution is 1.11. The van der Waals surface area contributed by atoms with Crippen molar-refractivity contribution in [1.82, 2.24) is 9.97 Å². The first-order valence-corrected chi connectivity index (χ1v) is 6.29. The lowest BCUT2D eigenvalue weighted by Crippen LogP contribution is -2.05. The van der Waals surface area contributed by atoms with E-state index in [1.165, 1.54) is 12.8 Å². The Balaban J connectivity index is 2.13. The monoisotopic (exact) mass is 297 g/mol. The Morgan fingerprint density at radius 2 is 2.12 bits per heavy atom. The Morgan fingerprint density at radius 3 is 2.88 bits per heavy atom. The zero-order valence-corrected chi connectivity index (χ0v) is 10.7. The van der Waals surface area contributed by atoms with Gasteiger partial charge in [0.1, 0.15) is 5.52 Å². The lowest BCUT2D eigenvalue weighted by Gasteiger charge is -2.07. The van der Waals surface area contributed by atoms with Crippen molar-refractivity contribution in [2.24, 2.45) is 0 Å². The van der Waals surface area contributed by atoms with Crippen LogP contribution >= 0.6 is 27.5 Å². The van der Waals surface area contributed by atoms with Crippen LogP contribution < -0.4 is 5.32 Å². The van der Waals surface area contributed by atoms with Crippen LogP contribution in [-0.4, -0.2) is 16.0 Å². The quantitative estimate of drug-likeness (QED) is 0.920. The van der Waals surface area contributed by atoms with Gasteiger partial charge in [0, 0.05) is 10.5 Å². The number of fused-ring (bicyclic) bond motifs is 1. The molecule has 1 N–H and O–H groups in total. The molecule has 1 fully saturated rings. The maximum Gasteiger partial charge on any atom is 0.172 e. The van der Waals surface area contributed by atoms with Crippen molar-refractivity contribution < 1.29 is 0 Å². The van der Waals surface area contributed by atoms with Crippen molar-refractivity contribution in [1.29, 1.82) is 0 Å². The number of nitrogens with one attached hydrogen (secondary N) is 1. The van der Waals surface area contributed by atoms with Gasteiger partial charge in [-0.15, -0.1) is 0 Å². The van der Waals surface area contributed by atoms with E-state index in [0.29, 0.717) is 17.0 Å². The van der Waals surface area contributed by atoms with E-state index in [4.69, 9.17) is 11.6 Å². The van der Waals surface area contributed by atoms with Crippen molar-refractivity contribution >= 4 is 44.4 Å². The first-order chi connectivity index (χ1) is 7.74. The van der Waals surface area contributed by atoms with Gasteiger partial charge in [0.25, 0.3) is 0 Å². The van der Waals surface area contributed by atoms with Crippen molar-refractivity contribution in [3.8, 4) is 0 Å². The van der Waals surface area contributed by atoms with Crippen LogP contribution in [0, 0.1) is 0 Å². The van der Waals surface area contributed by atoms with E-state index in [2.05, 4.69) is 31.2 Å². The van der Waals surface area contributed by atoms with Crippen LogP contribution in [0.4, 0.5) is 5.82 Å². The zero-order valence-electron chi connectivity index (χ0n) is 8.37. The minimum atomic E-state index is 0.436. The first-order valence-electron chi connectivity index (χ1n) is 5.12. The molecule has 2 aromatic rings. The van der Waals surface area contributed by atoms with E-state index in [1.54, 1.807) is 0 Å². The molecule has 82 valence electrons. The summed E-state index contributed by atoms with van der Waals surface area (Å²) >= 11 is 9.53. The Labute approximate surface area is 106 Å². The smallest absolute Gasteiger partial charge is 0.172 e. The number of anilines is 1. The maximum absolute atomic E-state index is 6.09. The number of benzene rings is 1. The highest BCUT2D eigenvalue weighted by Crippen LogP contribution is 2.30. The van der Waals surface area contributed by atoms with Gasteiger partial charge in [0.05, 0.1) is 5.52 Å². The van der Waals surface area contributed by atoms with Gasteiger partial charge in [-0.05, 0) is 40.9 Å². The molecule has 1 heterocycles. The summed E-state index contributed by atoms with van der Waals surface area (Å²) in [5, 5.41) is 3.71. The largest absolute Gasteiger partial charge is 0.365 e. The number of aromatic nitrogens is 2. The summed E-state index contributed by atoms with van der Waals surface area (Å²) in [7, 11) is 0. The first kappa shape index (κ1) is 10.3. The van der Waals surface area contributed by atoms with E-state index in [-0.39, 0.29) is 0 Å². The molecule has 1 aliphatic carbocycles. The van der Waals surface area contributed by atoms with E-state index in [1.807, 2.05) is 18.2 Å². The molecule has 16 heavy (non-hydrogen) atoms. The van der Waals surface area contributed by atoms with Crippen LogP contribution in [0.1, 0.15) is 12.8 Å². The second-order valence-electron chi connectivity index (χ2n) is 3.89. The molecule has 0 unspecified atom stereocenters. The van der Waals surface area contributed by atoms with E-state index >= 15 is 0 Å². The highest BCUT2D eigenvalue weighted by atomic mass is 79.9. The summed E-state index contributed by atoms with van der Waals surface area (Å²) < 4.78 is 0.914. The summed E-state index contributed by atoms with van der Waals surface area (Å²) in [5.74, 6) is 0.690. The Hall–Kier alpha value is -0.870. The Morgan fingerprint density at radius 1 is 1.31 bits per heavy atom. The fourth-order valence-electron chi connectivity index (χ4n) is 1.54. The molecule has 0 spiro atoms. The molecule has 1 aromatic heterocycles. The van der Waals surface area contributed by atoms with Crippen LogP contribution in [0.2, 0.25) is 5.15 Å². The second-order valence-corrected chi connectivity index (χ2v) is 5.10. The van der Waals surface area contributed by atoms with E-state index in [0.717, 1.165) is 15.5 Å². The minimum absolute atomic E-state index is 0.436. The van der Waals surface area contributed by atoms with Crippen LogP contribution in [0.15, 0.2) is 22.7 Å². The number of hydrogen-bond donors (Lipinski definition) is 1. The summed E-state index contributed by atoms with van der Waals surface area (Å²) in [4.78, 5) is 8.83. The molecule has 0 atom stereocenters. The molecule has 1 aliphatic rings. The summed E-state index contributed by atoms with van der Waals surface area (Å²) in [6.07, 6.45) is 2.38. The van der Waals surface area contributed by atoms with Crippen LogP contribution in [0.5, 0.6) is 0 Å². The SMILES string of the molecule is Clc1nc2c(Br)cccc2nc1NC1CC1. The van der Waals surface area contributed by atoms with Crippen molar-refractivity contribution in [3.63, 3.8) is 0 Å². The minimum Gasteiger partial charge on any atom is -0.365 e. The summed E-state index contributed by atoms with van der Waals surface area (Å²) in [5.41, 5.74) is 1.65. The van der Waals surface area contributed by atoms with E-state index in [9.17, 15) is 0 Å². The molecule has 1 saturated carbocycles. The van der Waals surface area contributed by atoms with Crippen molar-refractivity contribution in [2.75, 3.05) is 5.32 Å². The molecule has 0 saturated heterocycles. The fraction of sp³-hybridized carbons (Fsp3) is 0.273. The molecular weight excluding hydrogens is 289 g/mol. The molecule has 0 radical (unpaired) electrons. The fourth-order valence-corrected chi connectivity index (χ4v) is 2.16. The number of nitrogens with zero attached hydrogens (tertiary/aromatic N) is 2. The van der Waals surface area contributed by atoms with Gasteiger partial charge in [-0.25, -0.2) is 9.97 Å². The van der Waals surface area contributed by atoms with Crippen molar-refractivity contribution in [2.45, 2.75) is 18.9 Å². The van der Waals surface area contributed by atoms with Crippen LogP contribution in [0.25, 0.3) is 11.0 Å². The Kier molecular flexibility index (Phi) is 2.48. The third kappa shape index (κ3) is 1.87. The molecule has 0 amide bonds. The highest BCUT2D eigenvalue weighted by Gasteiger charge is 2.23. The van der Waals surface area contributed by atoms with Gasteiger partial charge in [-0.3, -0.25) is 0 Å². The maximum atomic E-state index is 6.09. The number of rotatable bonds is 2. The molecule has 0 bridgehead atoms. The van der Waals surface area contributed by atoms with Crippen LogP contribution in [0.3, 0.4) is 0 Å². The molecule has 3 rings (SSSR count). The van der Waals surface area contributed by atoms with Gasteiger partial charge in [-0.1, -0.05) is 17.7 Å². The highest BCUT2D eigenvalue weighted by molar-refractivity contribution is 9.10. The molecule has 5 heteroatoms. The number of para-hydroxylation sites is 1. The number of hydrogen-bond acceptors (Lipinski definition) is 3. The standard InChI is InChI=1S/C11H9BrClN3/c12-7-2-1-3-8-9(7)16-10(13)11(15-8)14-6-4-5-6/h1-3,6H,4-5H2,(H,14,15). The molecule has 1 aromatic carbocycles. The summed E-state index contributed by atoms with van der Waals surface area (Å²) in [6, 6.07) is 6.33. The Bertz CT molecular complexity index is 554. The normalized spacial score (nSPS) is 15.4. The molecule has 0 aliphatic heterocycles. The predicted octanol–water partition coefficient (Wildman–Crippen LogP) is 3.62. The van der Waals surface area contributed by atoms with Gasteiger partial charge in [0.2, 0.25) is 0 Å². The van der Waals surface area contributed by atoms with Gasteiger partial charge < -0.3 is 5.32 Å². The van der Waals surface area contributed by atoms with Gasteiger partial charge in [0.15, 0.2) is 11.0 Å². The van der Waals surface area contributed by atoms with E-state index < -0.39 is 0 Å². The average molecular weight is 299 g/mol. The van der Waals surface area contributed by atoms with Crippen LogP contribution in [-0.2, 0) is 0 Å². The second kappa shape index (κ2) is 3.86. The molecule has 3 nitrogen and oxygen atoms in total. The predicted molar refractivity (Wildman–Crippen MR) is 68.9 cm³/mol. The third-order valence-electron chi connectivity index (χ3n) is 2.52. The average Bonchev–Trinajstić information content (AvgIpc) is 3.05. The zero-order chi connectivity index (χ0) is 11.1. The molecular formula is C11H9BrClN3. The third-order valence-corrected chi connectivity index (χ3v) is 3.42. The summed E-state index contributed by atoms with van der Waals surface area (Å²) in [6.45, 7) is 0. The van der Waals surface area contributed by atoms with Crippen molar-refractivity contribution in [3.05, 3.63) is 27.8 Å². The lowest BCUT2D eigenvalue weighted by atomic mass is 10.3.